The number of rotatable bonds is 4. The molecule has 0 unspecified atom stereocenters. The molecular weight excluding hydrogens is 465 g/mol. The summed E-state index contributed by atoms with van der Waals surface area (Å²) < 4.78 is 57.5. The maximum Gasteiger partial charge on any atom is 0.344 e. The molecule has 9 heteroatoms. The molecule has 0 aliphatic rings. The number of fused-ring (bicyclic) bond motifs is 1. The van der Waals surface area contributed by atoms with Crippen molar-refractivity contribution in [1.82, 2.24) is 0 Å². The van der Waals surface area contributed by atoms with E-state index in [-0.39, 0.29) is 33.8 Å². The number of hydrogen-bond donors (Lipinski definition) is 0. The number of halogens is 3. The van der Waals surface area contributed by atoms with Gasteiger partial charge in [-0.1, -0.05) is 12.1 Å². The van der Waals surface area contributed by atoms with E-state index in [1.807, 2.05) is 0 Å². The Balaban J connectivity index is 2.07. The van der Waals surface area contributed by atoms with Crippen molar-refractivity contribution in [3.8, 4) is 33.8 Å². The van der Waals surface area contributed by atoms with E-state index in [1.54, 1.807) is 19.1 Å². The topological polar surface area (TPSA) is 82.8 Å². The molecule has 0 atom stereocenters. The molecule has 1 aromatic heterocycles. The van der Waals surface area contributed by atoms with Gasteiger partial charge in [-0.05, 0) is 54.4 Å². The van der Waals surface area contributed by atoms with Gasteiger partial charge in [0.2, 0.25) is 0 Å². The van der Waals surface area contributed by atoms with Crippen LogP contribution in [0.2, 0.25) is 0 Å². The van der Waals surface area contributed by atoms with Crippen LogP contribution in [-0.4, -0.2) is 11.9 Å². The lowest BCUT2D eigenvalue weighted by molar-refractivity contribution is -0.132. The van der Waals surface area contributed by atoms with Crippen LogP contribution in [0.3, 0.4) is 0 Å². The summed E-state index contributed by atoms with van der Waals surface area (Å²) in [4.78, 5) is 35.8. The second-order valence-electron chi connectivity index (χ2n) is 7.67. The first kappa shape index (κ1) is 23.7. The molecule has 4 aromatic rings. The molecule has 0 bridgehead atoms. The van der Waals surface area contributed by atoms with Gasteiger partial charge in [0.05, 0.1) is 5.56 Å². The molecule has 3 aromatic carbocycles. The number of ether oxygens (including phenoxy) is 2. The normalized spacial score (nSPS) is 10.9. The van der Waals surface area contributed by atoms with Crippen molar-refractivity contribution >= 4 is 22.9 Å². The standard InChI is InChI=1S/C26H17F3O6/c1-12-21(34-14(3)31)9-8-18-22(15-4-6-17(7-5-15)33-13(2)30)23(26(32)35-25(12)18)16-10-19(27)24(29)20(28)11-16/h4-11H,1-3H3. The smallest absolute Gasteiger partial charge is 0.344 e. The summed E-state index contributed by atoms with van der Waals surface area (Å²) in [6.45, 7) is 4.04. The minimum Gasteiger partial charge on any atom is -0.427 e. The predicted octanol–water partition coefficient (Wildman–Crippen LogP) is 5.70. The summed E-state index contributed by atoms with van der Waals surface area (Å²) in [7, 11) is 0. The monoisotopic (exact) mass is 482 g/mol. The third-order valence-electron chi connectivity index (χ3n) is 5.21. The highest BCUT2D eigenvalue weighted by molar-refractivity contribution is 6.02. The molecule has 0 amide bonds. The largest absolute Gasteiger partial charge is 0.427 e. The van der Waals surface area contributed by atoms with Gasteiger partial charge in [0.1, 0.15) is 17.1 Å². The minimum atomic E-state index is -1.67. The summed E-state index contributed by atoms with van der Waals surface area (Å²) in [5.41, 5.74) is -0.333. The average molecular weight is 482 g/mol. The molecule has 0 saturated heterocycles. The van der Waals surface area contributed by atoms with Gasteiger partial charge in [0.15, 0.2) is 17.5 Å². The molecule has 0 radical (unpaired) electrons. The van der Waals surface area contributed by atoms with Gasteiger partial charge in [0, 0.05) is 30.4 Å². The second-order valence-corrected chi connectivity index (χ2v) is 7.67. The maximum atomic E-state index is 14.1. The van der Waals surface area contributed by atoms with Crippen LogP contribution in [0.15, 0.2) is 57.7 Å². The van der Waals surface area contributed by atoms with E-state index < -0.39 is 35.0 Å². The highest BCUT2D eigenvalue weighted by Gasteiger charge is 2.23. The van der Waals surface area contributed by atoms with Crippen molar-refractivity contribution in [2.45, 2.75) is 20.8 Å². The van der Waals surface area contributed by atoms with E-state index >= 15 is 0 Å². The molecule has 0 N–H and O–H groups in total. The summed E-state index contributed by atoms with van der Waals surface area (Å²) >= 11 is 0. The van der Waals surface area contributed by atoms with Gasteiger partial charge in [-0.25, -0.2) is 18.0 Å². The molecule has 0 aliphatic heterocycles. The molecule has 0 fully saturated rings. The lowest BCUT2D eigenvalue weighted by Crippen LogP contribution is -2.09. The highest BCUT2D eigenvalue weighted by Crippen LogP contribution is 2.40. The third-order valence-corrected chi connectivity index (χ3v) is 5.21. The van der Waals surface area contributed by atoms with Crippen LogP contribution in [0, 0.1) is 24.4 Å². The first-order chi connectivity index (χ1) is 16.6. The van der Waals surface area contributed by atoms with Crippen molar-refractivity contribution in [3.63, 3.8) is 0 Å². The fourth-order valence-electron chi connectivity index (χ4n) is 3.77. The molecule has 0 spiro atoms. The van der Waals surface area contributed by atoms with E-state index in [2.05, 4.69) is 0 Å². The molecule has 0 aliphatic carbocycles. The van der Waals surface area contributed by atoms with Crippen molar-refractivity contribution in [2.75, 3.05) is 0 Å². The van der Waals surface area contributed by atoms with Gasteiger partial charge < -0.3 is 13.9 Å². The van der Waals surface area contributed by atoms with Gasteiger partial charge in [-0.3, -0.25) is 9.59 Å². The second kappa shape index (κ2) is 9.09. The molecule has 178 valence electrons. The Morgan fingerprint density at radius 3 is 1.97 bits per heavy atom. The van der Waals surface area contributed by atoms with E-state index in [9.17, 15) is 27.6 Å². The molecule has 0 saturated carbocycles. The first-order valence-electron chi connectivity index (χ1n) is 10.3. The fraction of sp³-hybridized carbons (Fsp3) is 0.115. The molecule has 4 rings (SSSR count). The van der Waals surface area contributed by atoms with Gasteiger partial charge in [-0.15, -0.1) is 0 Å². The molecule has 6 nitrogen and oxygen atoms in total. The van der Waals surface area contributed by atoms with Gasteiger partial charge >= 0.3 is 17.6 Å². The fourth-order valence-corrected chi connectivity index (χ4v) is 3.77. The lowest BCUT2D eigenvalue weighted by Gasteiger charge is -2.15. The van der Waals surface area contributed by atoms with Crippen LogP contribution in [0.5, 0.6) is 11.5 Å². The van der Waals surface area contributed by atoms with E-state index in [1.165, 1.54) is 38.1 Å². The quantitative estimate of drug-likeness (QED) is 0.161. The number of carbonyl (C=O) groups is 2. The van der Waals surface area contributed by atoms with Crippen molar-refractivity contribution in [3.05, 3.63) is 82.0 Å². The van der Waals surface area contributed by atoms with Crippen LogP contribution in [0.1, 0.15) is 19.4 Å². The third kappa shape index (κ3) is 4.52. The molecule has 35 heavy (non-hydrogen) atoms. The summed E-state index contributed by atoms with van der Waals surface area (Å²) in [6.07, 6.45) is 0. The Morgan fingerprint density at radius 2 is 1.40 bits per heavy atom. The minimum absolute atomic E-state index is 0.0830. The molecular formula is C26H17F3O6. The van der Waals surface area contributed by atoms with Crippen molar-refractivity contribution in [1.29, 1.82) is 0 Å². The average Bonchev–Trinajstić information content (AvgIpc) is 2.78. The van der Waals surface area contributed by atoms with Gasteiger partial charge in [0.25, 0.3) is 0 Å². The summed E-state index contributed by atoms with van der Waals surface area (Å²) in [5.74, 6) is -5.33. The Bertz CT molecular complexity index is 1530. The van der Waals surface area contributed by atoms with Crippen LogP contribution in [0.4, 0.5) is 13.2 Å². The number of esters is 2. The predicted molar refractivity (Wildman–Crippen MR) is 121 cm³/mol. The van der Waals surface area contributed by atoms with Gasteiger partial charge in [-0.2, -0.15) is 0 Å². The summed E-state index contributed by atoms with van der Waals surface area (Å²) in [6, 6.07) is 10.5. The zero-order valence-corrected chi connectivity index (χ0v) is 18.7. The number of aryl methyl sites for hydroxylation is 1. The number of benzene rings is 3. The lowest BCUT2D eigenvalue weighted by atomic mass is 9.92. The molecule has 1 heterocycles. The highest BCUT2D eigenvalue weighted by atomic mass is 19.2. The number of hydrogen-bond acceptors (Lipinski definition) is 6. The zero-order valence-electron chi connectivity index (χ0n) is 18.7. The Hall–Kier alpha value is -4.40. The van der Waals surface area contributed by atoms with Crippen molar-refractivity contribution < 1.29 is 36.7 Å². The van der Waals surface area contributed by atoms with Crippen LogP contribution >= 0.6 is 0 Å². The maximum absolute atomic E-state index is 14.1. The number of carbonyl (C=O) groups excluding carboxylic acids is 2. The van der Waals surface area contributed by atoms with Crippen LogP contribution in [0.25, 0.3) is 33.2 Å². The van der Waals surface area contributed by atoms with E-state index in [0.29, 0.717) is 28.6 Å². The van der Waals surface area contributed by atoms with Crippen LogP contribution in [-0.2, 0) is 9.59 Å². The zero-order chi connectivity index (χ0) is 25.4. The Morgan fingerprint density at radius 1 is 0.800 bits per heavy atom. The van der Waals surface area contributed by atoms with Crippen molar-refractivity contribution in [2.24, 2.45) is 0 Å². The first-order valence-corrected chi connectivity index (χ1v) is 10.3. The Labute approximate surface area is 196 Å². The SMILES string of the molecule is CC(=O)Oc1ccc(-c2c(-c3cc(F)c(F)c(F)c3)c(=O)oc3c(C)c(OC(C)=O)ccc23)cc1. The van der Waals surface area contributed by atoms with Crippen LogP contribution < -0.4 is 15.1 Å². The summed E-state index contributed by atoms with van der Waals surface area (Å²) in [5, 5.41) is 0.360. The van der Waals surface area contributed by atoms with E-state index in [0.717, 1.165) is 0 Å². The van der Waals surface area contributed by atoms with E-state index in [4.69, 9.17) is 13.9 Å². The Kier molecular flexibility index (Phi) is 6.17.